The molecule has 1 saturated heterocycles. The molecule has 4 rings (SSSR count). The number of ether oxygens (including phenoxy) is 2. The van der Waals surface area contributed by atoms with E-state index < -0.39 is 0 Å². The number of thioether (sulfide) groups is 1. The summed E-state index contributed by atoms with van der Waals surface area (Å²) in [5.74, 6) is 1.76. The Balaban J connectivity index is 1.37. The predicted molar refractivity (Wildman–Crippen MR) is 130 cm³/mol. The number of nitrogens with zero attached hydrogens (tertiary/aromatic N) is 4. The molecule has 1 aromatic heterocycles. The molecule has 1 amide bonds. The number of aromatic nitrogens is 3. The molecule has 1 aliphatic rings. The maximum atomic E-state index is 12.4. The van der Waals surface area contributed by atoms with Crippen LogP contribution in [0.3, 0.4) is 0 Å². The fourth-order valence-corrected chi connectivity index (χ4v) is 4.36. The number of para-hydroxylation sites is 1. The Hall–Kier alpha value is -3.04. The number of hydrogen-bond acceptors (Lipinski definition) is 7. The molecule has 2 aromatic carbocycles. The van der Waals surface area contributed by atoms with Gasteiger partial charge in [-0.1, -0.05) is 42.1 Å². The lowest BCUT2D eigenvalue weighted by molar-refractivity contribution is -0.118. The number of anilines is 1. The van der Waals surface area contributed by atoms with Crippen LogP contribution in [0, 0.1) is 13.8 Å². The van der Waals surface area contributed by atoms with Crippen molar-refractivity contribution in [1.82, 2.24) is 20.1 Å². The van der Waals surface area contributed by atoms with Gasteiger partial charge in [-0.05, 0) is 43.2 Å². The number of carbonyl (C=O) groups is 1. The van der Waals surface area contributed by atoms with Crippen molar-refractivity contribution in [2.24, 2.45) is 0 Å². The van der Waals surface area contributed by atoms with Crippen LogP contribution < -0.4 is 15.0 Å². The minimum absolute atomic E-state index is 0.0694. The maximum absolute atomic E-state index is 12.4. The average molecular weight is 468 g/mol. The Labute approximate surface area is 198 Å². The Morgan fingerprint density at radius 3 is 2.73 bits per heavy atom. The van der Waals surface area contributed by atoms with Crippen LogP contribution in [0.15, 0.2) is 53.7 Å². The molecule has 1 aliphatic heterocycles. The van der Waals surface area contributed by atoms with Crippen molar-refractivity contribution in [1.29, 1.82) is 0 Å². The van der Waals surface area contributed by atoms with Gasteiger partial charge in [0, 0.05) is 13.1 Å². The van der Waals surface area contributed by atoms with Crippen LogP contribution in [0.5, 0.6) is 5.75 Å². The normalized spacial score (nSPS) is 13.7. The molecule has 33 heavy (non-hydrogen) atoms. The number of benzene rings is 2. The molecule has 0 aliphatic carbocycles. The first kappa shape index (κ1) is 23.1. The molecular weight excluding hydrogens is 438 g/mol. The molecule has 9 heteroatoms. The van der Waals surface area contributed by atoms with Gasteiger partial charge in [0.1, 0.15) is 12.4 Å². The van der Waals surface area contributed by atoms with Crippen molar-refractivity contribution in [3.63, 3.8) is 0 Å². The Morgan fingerprint density at radius 1 is 1.12 bits per heavy atom. The Morgan fingerprint density at radius 2 is 1.94 bits per heavy atom. The van der Waals surface area contributed by atoms with E-state index in [1.807, 2.05) is 47.9 Å². The smallest absolute Gasteiger partial charge is 0.232 e. The summed E-state index contributed by atoms with van der Waals surface area (Å²) in [5, 5.41) is 12.5. The summed E-state index contributed by atoms with van der Waals surface area (Å²) in [4.78, 5) is 14.6. The third kappa shape index (κ3) is 6.06. The van der Waals surface area contributed by atoms with Crippen molar-refractivity contribution in [2.45, 2.75) is 19.0 Å². The van der Waals surface area contributed by atoms with Crippen molar-refractivity contribution in [3.05, 3.63) is 59.7 Å². The highest BCUT2D eigenvalue weighted by molar-refractivity contribution is 7.99. The topological polar surface area (TPSA) is 81.5 Å². The fourth-order valence-electron chi connectivity index (χ4n) is 3.59. The zero-order valence-electron chi connectivity index (χ0n) is 19.0. The van der Waals surface area contributed by atoms with Crippen LogP contribution in [0.1, 0.15) is 11.1 Å². The molecular formula is C24H29N5O3S. The number of carbonyl (C=O) groups excluding carboxylic acids is 1. The summed E-state index contributed by atoms with van der Waals surface area (Å²) >= 11 is 1.38. The molecule has 0 radical (unpaired) electrons. The molecule has 1 N–H and O–H groups in total. The molecule has 0 unspecified atom stereocenters. The third-order valence-electron chi connectivity index (χ3n) is 5.28. The van der Waals surface area contributed by atoms with Gasteiger partial charge in [-0.2, -0.15) is 0 Å². The summed E-state index contributed by atoms with van der Waals surface area (Å²) in [7, 11) is 0. The van der Waals surface area contributed by atoms with Crippen LogP contribution in [-0.4, -0.2) is 65.9 Å². The summed E-state index contributed by atoms with van der Waals surface area (Å²) in [6.07, 6.45) is 0. The minimum atomic E-state index is -0.0694. The number of aryl methyl sites for hydroxylation is 2. The molecule has 1 fully saturated rings. The molecule has 2 heterocycles. The van der Waals surface area contributed by atoms with Gasteiger partial charge >= 0.3 is 0 Å². The highest BCUT2D eigenvalue weighted by Gasteiger charge is 2.23. The zero-order valence-corrected chi connectivity index (χ0v) is 19.8. The SMILES string of the molecule is Cc1cccc(OCCNC(=O)CSc2nnc(N3CCOCC3)n2-c2ccccc2C)c1. The van der Waals surface area contributed by atoms with Gasteiger partial charge < -0.3 is 19.7 Å². The van der Waals surface area contributed by atoms with Crippen LogP contribution in [0.25, 0.3) is 5.69 Å². The minimum Gasteiger partial charge on any atom is -0.492 e. The number of rotatable bonds is 9. The number of morpholine rings is 1. The van der Waals surface area contributed by atoms with E-state index in [0.717, 1.165) is 41.6 Å². The van der Waals surface area contributed by atoms with Crippen LogP contribution in [-0.2, 0) is 9.53 Å². The van der Waals surface area contributed by atoms with Crippen molar-refractivity contribution < 1.29 is 14.3 Å². The monoisotopic (exact) mass is 467 g/mol. The van der Waals surface area contributed by atoms with Gasteiger partial charge in [-0.15, -0.1) is 10.2 Å². The van der Waals surface area contributed by atoms with E-state index >= 15 is 0 Å². The lowest BCUT2D eigenvalue weighted by Gasteiger charge is -2.28. The predicted octanol–water partition coefficient (Wildman–Crippen LogP) is 3.01. The van der Waals surface area contributed by atoms with Gasteiger partial charge in [0.15, 0.2) is 5.16 Å². The summed E-state index contributed by atoms with van der Waals surface area (Å²) in [6.45, 7) is 7.79. The van der Waals surface area contributed by atoms with Crippen LogP contribution in [0.2, 0.25) is 0 Å². The van der Waals surface area contributed by atoms with E-state index in [9.17, 15) is 4.79 Å². The maximum Gasteiger partial charge on any atom is 0.232 e. The third-order valence-corrected chi connectivity index (χ3v) is 6.21. The van der Waals surface area contributed by atoms with E-state index in [1.165, 1.54) is 11.8 Å². The van der Waals surface area contributed by atoms with Crippen LogP contribution >= 0.6 is 11.8 Å². The van der Waals surface area contributed by atoms with E-state index in [1.54, 1.807) is 0 Å². The Bertz CT molecular complexity index is 1080. The van der Waals surface area contributed by atoms with Crippen molar-refractivity contribution in [2.75, 3.05) is 50.1 Å². The van der Waals surface area contributed by atoms with Gasteiger partial charge in [-0.3, -0.25) is 9.36 Å². The first-order chi connectivity index (χ1) is 16.1. The Kier molecular flexibility index (Phi) is 7.85. The highest BCUT2D eigenvalue weighted by atomic mass is 32.2. The number of amides is 1. The van der Waals surface area contributed by atoms with Crippen LogP contribution in [0.4, 0.5) is 5.95 Å². The second-order valence-electron chi connectivity index (χ2n) is 7.81. The molecule has 3 aromatic rings. The van der Waals surface area contributed by atoms with E-state index in [2.05, 4.69) is 39.5 Å². The average Bonchev–Trinajstić information content (AvgIpc) is 3.25. The standard InChI is InChI=1S/C24H29N5O3S/c1-18-6-5-8-20(16-18)32-13-10-25-22(30)17-33-24-27-26-23(28-11-14-31-15-12-28)29(24)21-9-4-3-7-19(21)2/h3-9,16H,10-15,17H2,1-2H3,(H,25,30). The summed E-state index contributed by atoms with van der Waals surface area (Å²) in [5.41, 5.74) is 3.27. The van der Waals surface area contributed by atoms with Crippen molar-refractivity contribution in [3.8, 4) is 11.4 Å². The number of nitrogens with one attached hydrogen (secondary N) is 1. The fraction of sp³-hybridized carbons (Fsp3) is 0.375. The summed E-state index contributed by atoms with van der Waals surface area (Å²) < 4.78 is 13.2. The zero-order chi connectivity index (χ0) is 23.0. The molecule has 0 saturated carbocycles. The van der Waals surface area contributed by atoms with Gasteiger partial charge in [0.2, 0.25) is 11.9 Å². The molecule has 174 valence electrons. The van der Waals surface area contributed by atoms with Crippen molar-refractivity contribution >= 4 is 23.6 Å². The van der Waals surface area contributed by atoms with E-state index in [-0.39, 0.29) is 11.7 Å². The quantitative estimate of drug-likeness (QED) is 0.383. The molecule has 0 bridgehead atoms. The molecule has 0 atom stereocenters. The van der Waals surface area contributed by atoms with E-state index in [0.29, 0.717) is 31.5 Å². The first-order valence-electron chi connectivity index (χ1n) is 11.0. The summed E-state index contributed by atoms with van der Waals surface area (Å²) in [6, 6.07) is 16.0. The molecule has 0 spiro atoms. The van der Waals surface area contributed by atoms with E-state index in [4.69, 9.17) is 9.47 Å². The lowest BCUT2D eigenvalue weighted by atomic mass is 10.2. The highest BCUT2D eigenvalue weighted by Crippen LogP contribution is 2.28. The number of hydrogen-bond donors (Lipinski definition) is 1. The second-order valence-corrected chi connectivity index (χ2v) is 8.75. The lowest BCUT2D eigenvalue weighted by Crippen LogP contribution is -2.38. The first-order valence-corrected chi connectivity index (χ1v) is 12.0. The van der Waals surface area contributed by atoms with Gasteiger partial charge in [0.25, 0.3) is 0 Å². The second kappa shape index (κ2) is 11.2. The van der Waals surface area contributed by atoms with Gasteiger partial charge in [-0.25, -0.2) is 0 Å². The molecule has 8 nitrogen and oxygen atoms in total. The largest absolute Gasteiger partial charge is 0.492 e. The van der Waals surface area contributed by atoms with Gasteiger partial charge in [0.05, 0.1) is 31.2 Å².